The van der Waals surface area contributed by atoms with Crippen LogP contribution in [-0.4, -0.2) is 35.1 Å². The minimum atomic E-state index is -1.46. The lowest BCUT2D eigenvalue weighted by Gasteiger charge is -2.36. The molecule has 0 saturated carbocycles. The van der Waals surface area contributed by atoms with Crippen molar-refractivity contribution in [2.75, 3.05) is 18.4 Å². The number of carbonyl (C=O) groups is 1. The molecule has 0 spiro atoms. The summed E-state index contributed by atoms with van der Waals surface area (Å²) in [6.45, 7) is 11.1. The summed E-state index contributed by atoms with van der Waals surface area (Å²) < 4.78 is 15.3. The van der Waals surface area contributed by atoms with Gasteiger partial charge in [0.15, 0.2) is 5.67 Å². The Kier molecular flexibility index (Phi) is 9.91. The van der Waals surface area contributed by atoms with E-state index in [2.05, 4.69) is 43.0 Å². The number of carbonyl (C=O) groups excluding carboxylic acids is 2. The van der Waals surface area contributed by atoms with Crippen molar-refractivity contribution in [3.05, 3.63) is 89.2 Å². The first-order chi connectivity index (χ1) is 18.1. The summed E-state index contributed by atoms with van der Waals surface area (Å²) in [6.07, 6.45) is 3.67. The van der Waals surface area contributed by atoms with E-state index in [0.29, 0.717) is 36.3 Å². The average molecular weight is 517 g/mol. The molecule has 0 radical (unpaired) electrons. The highest BCUT2D eigenvalue weighted by molar-refractivity contribution is 5.89. The smallest absolute Gasteiger partial charge is 0.321 e. The lowest BCUT2D eigenvalue weighted by atomic mass is 9.87. The van der Waals surface area contributed by atoms with Crippen molar-refractivity contribution >= 4 is 23.5 Å². The molecule has 4 rings (SSSR count). The number of benzene rings is 2. The van der Waals surface area contributed by atoms with Gasteiger partial charge >= 0.3 is 6.03 Å². The van der Waals surface area contributed by atoms with Crippen molar-refractivity contribution in [1.29, 1.82) is 0 Å². The van der Waals surface area contributed by atoms with E-state index in [-0.39, 0.29) is 18.9 Å². The molecule has 200 valence electrons. The first-order valence-electron chi connectivity index (χ1n) is 13.1. The quantitative estimate of drug-likeness (QED) is 0.278. The van der Waals surface area contributed by atoms with E-state index in [1.165, 1.54) is 17.2 Å². The van der Waals surface area contributed by atoms with E-state index in [4.69, 9.17) is 0 Å². The number of rotatable bonds is 5. The number of isocyanates is 1. The number of urea groups is 1. The van der Waals surface area contributed by atoms with Crippen molar-refractivity contribution < 1.29 is 14.0 Å². The van der Waals surface area contributed by atoms with Gasteiger partial charge in [0.1, 0.15) is 0 Å². The van der Waals surface area contributed by atoms with Crippen LogP contribution in [0.4, 0.5) is 20.6 Å². The van der Waals surface area contributed by atoms with Crippen LogP contribution < -0.4 is 5.32 Å². The van der Waals surface area contributed by atoms with Gasteiger partial charge in [-0.1, -0.05) is 58.0 Å². The number of aromatic nitrogens is 1. The molecule has 1 aliphatic heterocycles. The molecule has 0 aliphatic carbocycles. The zero-order chi connectivity index (χ0) is 27.7. The number of nitrogens with one attached hydrogen (secondary N) is 1. The fourth-order valence-corrected chi connectivity index (χ4v) is 4.40. The molecule has 2 aromatic carbocycles. The van der Waals surface area contributed by atoms with Crippen molar-refractivity contribution in [3.8, 4) is 0 Å². The molecule has 0 unspecified atom stereocenters. The maximum Gasteiger partial charge on any atom is 0.321 e. The number of alkyl halides is 1. The van der Waals surface area contributed by atoms with Crippen LogP contribution >= 0.6 is 0 Å². The van der Waals surface area contributed by atoms with Crippen LogP contribution in [0.1, 0.15) is 74.8 Å². The fraction of sp³-hybridized carbons (Fsp3) is 0.387. The summed E-state index contributed by atoms with van der Waals surface area (Å²) >= 11 is 0. The standard InChI is InChI=1S/C21H26FN3O.C10H11NO/c1-15(2)17-6-8-18(9-7-17)24-20(26)25-13-10-21(22,11-14-25)19-16(3)5-4-12-23-19;1-8(2)9-3-5-10(6-4-9)11-7-12/h4-9,12,15H,10-11,13-14H2,1-3H3,(H,24,26);3-6,8H,1-2H3. The maximum absolute atomic E-state index is 15.3. The van der Waals surface area contributed by atoms with Gasteiger partial charge in [0.2, 0.25) is 6.08 Å². The number of piperidine rings is 1. The number of likely N-dealkylation sites (tertiary alicyclic amines) is 1. The summed E-state index contributed by atoms with van der Waals surface area (Å²) in [5.41, 5.74) is 3.81. The van der Waals surface area contributed by atoms with E-state index in [9.17, 15) is 9.59 Å². The third-order valence-electron chi connectivity index (χ3n) is 6.84. The number of hydrogen-bond acceptors (Lipinski definition) is 4. The zero-order valence-electron chi connectivity index (χ0n) is 22.9. The predicted molar refractivity (Wildman–Crippen MR) is 150 cm³/mol. The van der Waals surface area contributed by atoms with Gasteiger partial charge in [0, 0.05) is 37.8 Å². The number of aliphatic imine (C=N–C) groups is 1. The Morgan fingerprint density at radius 2 is 1.53 bits per heavy atom. The number of aryl methyl sites for hydroxylation is 1. The van der Waals surface area contributed by atoms with Crippen LogP contribution in [0.5, 0.6) is 0 Å². The molecule has 1 aliphatic rings. The lowest BCUT2D eigenvalue weighted by molar-refractivity contribution is 0.0677. The molecule has 2 heterocycles. The maximum atomic E-state index is 15.3. The Morgan fingerprint density at radius 3 is 2.03 bits per heavy atom. The number of halogens is 1. The zero-order valence-corrected chi connectivity index (χ0v) is 22.9. The highest BCUT2D eigenvalue weighted by Crippen LogP contribution is 2.37. The summed E-state index contributed by atoms with van der Waals surface area (Å²) in [4.78, 5) is 31.8. The first-order valence-corrected chi connectivity index (χ1v) is 13.1. The van der Waals surface area contributed by atoms with Gasteiger partial charge in [-0.3, -0.25) is 4.98 Å². The molecule has 2 amide bonds. The van der Waals surface area contributed by atoms with E-state index in [0.717, 1.165) is 11.3 Å². The van der Waals surface area contributed by atoms with E-state index < -0.39 is 5.67 Å². The molecular formula is C31H37FN4O2. The SMILES string of the molecule is CC(C)c1ccc(N=C=O)cc1.Cc1cccnc1C1(F)CCN(C(=O)Nc2ccc(C(C)C)cc2)CC1. The van der Waals surface area contributed by atoms with Gasteiger partial charge in [-0.2, -0.15) is 4.99 Å². The number of anilines is 1. The molecule has 0 bridgehead atoms. The van der Waals surface area contributed by atoms with Crippen LogP contribution in [0.25, 0.3) is 0 Å². The van der Waals surface area contributed by atoms with Gasteiger partial charge in [0.05, 0.1) is 11.4 Å². The van der Waals surface area contributed by atoms with Crippen molar-refractivity contribution in [3.63, 3.8) is 0 Å². The van der Waals surface area contributed by atoms with Crippen LogP contribution in [0, 0.1) is 6.92 Å². The number of pyridine rings is 1. The molecule has 6 nitrogen and oxygen atoms in total. The molecule has 7 heteroatoms. The second kappa shape index (κ2) is 13.1. The monoisotopic (exact) mass is 516 g/mol. The first kappa shape index (κ1) is 28.7. The lowest BCUT2D eigenvalue weighted by Crippen LogP contribution is -2.45. The Bertz CT molecular complexity index is 1240. The largest absolute Gasteiger partial charge is 0.324 e. The Morgan fingerprint density at radius 1 is 0.974 bits per heavy atom. The summed E-state index contributed by atoms with van der Waals surface area (Å²) in [6, 6.07) is 19.0. The van der Waals surface area contributed by atoms with Crippen molar-refractivity contribution in [2.24, 2.45) is 4.99 Å². The second-order valence-electron chi connectivity index (χ2n) is 10.3. The molecule has 1 fully saturated rings. The van der Waals surface area contributed by atoms with Crippen LogP contribution in [0.2, 0.25) is 0 Å². The predicted octanol–water partition coefficient (Wildman–Crippen LogP) is 7.78. The van der Waals surface area contributed by atoms with E-state index >= 15 is 4.39 Å². The van der Waals surface area contributed by atoms with Crippen LogP contribution in [0.15, 0.2) is 71.9 Å². The van der Waals surface area contributed by atoms with Gasteiger partial charge < -0.3 is 10.2 Å². The Balaban J connectivity index is 0.000000279. The normalized spacial score (nSPS) is 14.4. The van der Waals surface area contributed by atoms with Crippen LogP contribution in [0.3, 0.4) is 0 Å². The van der Waals surface area contributed by atoms with E-state index in [1.54, 1.807) is 11.1 Å². The molecule has 1 aromatic heterocycles. The summed E-state index contributed by atoms with van der Waals surface area (Å²) in [5, 5.41) is 2.91. The highest BCUT2D eigenvalue weighted by atomic mass is 19.1. The minimum Gasteiger partial charge on any atom is -0.324 e. The average Bonchev–Trinajstić information content (AvgIpc) is 2.90. The fourth-order valence-electron chi connectivity index (χ4n) is 4.40. The molecule has 1 N–H and O–H groups in total. The molecular weight excluding hydrogens is 479 g/mol. The topological polar surface area (TPSA) is 74.7 Å². The Hall–Kier alpha value is -3.83. The molecule has 38 heavy (non-hydrogen) atoms. The van der Waals surface area contributed by atoms with Crippen LogP contribution in [-0.2, 0) is 10.5 Å². The number of amides is 2. The van der Waals surface area contributed by atoms with Gasteiger partial charge in [-0.05, 0) is 65.8 Å². The Labute approximate surface area is 225 Å². The minimum absolute atomic E-state index is 0.179. The van der Waals surface area contributed by atoms with Crippen molar-refractivity contribution in [1.82, 2.24) is 9.88 Å². The van der Waals surface area contributed by atoms with Crippen molar-refractivity contribution in [2.45, 2.75) is 65.0 Å². The number of nitrogens with zero attached hydrogens (tertiary/aromatic N) is 3. The second-order valence-corrected chi connectivity index (χ2v) is 10.3. The van der Waals surface area contributed by atoms with E-state index in [1.807, 2.05) is 67.6 Å². The van der Waals surface area contributed by atoms with Gasteiger partial charge in [0.25, 0.3) is 0 Å². The molecule has 3 aromatic rings. The summed E-state index contributed by atoms with van der Waals surface area (Å²) in [5.74, 6) is 0.967. The number of hydrogen-bond donors (Lipinski definition) is 1. The highest BCUT2D eigenvalue weighted by Gasteiger charge is 2.39. The molecule has 0 atom stereocenters. The van der Waals surface area contributed by atoms with Gasteiger partial charge in [-0.15, -0.1) is 0 Å². The molecule has 1 saturated heterocycles. The van der Waals surface area contributed by atoms with Gasteiger partial charge in [-0.25, -0.2) is 14.0 Å². The third-order valence-corrected chi connectivity index (χ3v) is 6.84. The summed E-state index contributed by atoms with van der Waals surface area (Å²) in [7, 11) is 0. The third kappa shape index (κ3) is 7.59.